The van der Waals surface area contributed by atoms with Gasteiger partial charge >= 0.3 is 12.2 Å². The van der Waals surface area contributed by atoms with Gasteiger partial charge in [0.2, 0.25) is 0 Å². The first-order chi connectivity index (χ1) is 12.8. The van der Waals surface area contributed by atoms with Crippen molar-refractivity contribution in [3.05, 3.63) is 41.6 Å². The summed E-state index contributed by atoms with van der Waals surface area (Å²) in [6.45, 7) is 0.415. The molecule has 7 nitrogen and oxygen atoms in total. The van der Waals surface area contributed by atoms with Gasteiger partial charge in [-0.25, -0.2) is 4.79 Å². The summed E-state index contributed by atoms with van der Waals surface area (Å²) in [5.74, 6) is 0.370. The van der Waals surface area contributed by atoms with E-state index < -0.39 is 18.8 Å². The molecule has 0 spiro atoms. The van der Waals surface area contributed by atoms with Crippen molar-refractivity contribution < 1.29 is 22.7 Å². The van der Waals surface area contributed by atoms with Crippen LogP contribution in [0.1, 0.15) is 11.1 Å². The monoisotopic (exact) mass is 383 g/mol. The predicted molar refractivity (Wildman–Crippen MR) is 93.4 cm³/mol. The van der Waals surface area contributed by atoms with Crippen LogP contribution >= 0.6 is 0 Å². The minimum absolute atomic E-state index is 0.136. The zero-order valence-corrected chi connectivity index (χ0v) is 14.7. The lowest BCUT2D eigenvalue weighted by Gasteiger charge is -2.17. The summed E-state index contributed by atoms with van der Waals surface area (Å²) in [5.41, 5.74) is 1.97. The van der Waals surface area contributed by atoms with Crippen LogP contribution in [0, 0.1) is 0 Å². The largest absolute Gasteiger partial charge is 0.401 e. The first-order valence-electron chi connectivity index (χ1n) is 8.34. The van der Waals surface area contributed by atoms with Crippen LogP contribution in [0.3, 0.4) is 0 Å². The van der Waals surface area contributed by atoms with E-state index in [1.807, 2.05) is 0 Å². The lowest BCUT2D eigenvalue weighted by Crippen LogP contribution is -2.30. The number of carbonyl (C=O) groups excluding carboxylic acids is 1. The number of amides is 2. The lowest BCUT2D eigenvalue weighted by molar-refractivity contribution is -0.146. The molecule has 0 unspecified atom stereocenters. The maximum atomic E-state index is 12.6. The number of benzene rings is 1. The fraction of sp³-hybridized carbons (Fsp3) is 0.412. The first kappa shape index (κ1) is 19.2. The summed E-state index contributed by atoms with van der Waals surface area (Å²) in [6.07, 6.45) is -2.54. The Morgan fingerprint density at radius 2 is 2.07 bits per heavy atom. The van der Waals surface area contributed by atoms with E-state index in [9.17, 15) is 18.0 Å². The second kappa shape index (κ2) is 7.97. The fourth-order valence-electron chi connectivity index (χ4n) is 2.98. The van der Waals surface area contributed by atoms with Gasteiger partial charge in [-0.05, 0) is 17.2 Å². The van der Waals surface area contributed by atoms with Crippen LogP contribution in [-0.4, -0.2) is 47.1 Å². The second-order valence-electron chi connectivity index (χ2n) is 6.24. The fourth-order valence-corrected chi connectivity index (χ4v) is 2.98. The standard InChI is InChI=1S/C17H20F3N5O2/c1-27-8-7-25-6-5-15(23-25)22-16(26)21-14-4-2-3-12-9-24(10-13(12)14)11-17(18,19)20/h2-6H,7-11H2,1H3,(H2,21,22,23,26). The van der Waals surface area contributed by atoms with Crippen molar-refractivity contribution in [2.75, 3.05) is 30.9 Å². The summed E-state index contributed by atoms with van der Waals surface area (Å²) in [6, 6.07) is 6.30. The van der Waals surface area contributed by atoms with Crippen molar-refractivity contribution >= 4 is 17.5 Å². The van der Waals surface area contributed by atoms with Crippen LogP contribution in [0.25, 0.3) is 0 Å². The summed E-state index contributed by atoms with van der Waals surface area (Å²) < 4.78 is 44.5. The van der Waals surface area contributed by atoms with Crippen LogP contribution in [-0.2, 0) is 24.4 Å². The quantitative estimate of drug-likeness (QED) is 0.804. The van der Waals surface area contributed by atoms with E-state index >= 15 is 0 Å². The number of aromatic nitrogens is 2. The number of halogens is 3. The van der Waals surface area contributed by atoms with E-state index in [0.29, 0.717) is 30.2 Å². The number of hydrogen-bond acceptors (Lipinski definition) is 4. The smallest absolute Gasteiger partial charge is 0.383 e. The summed E-state index contributed by atoms with van der Waals surface area (Å²) in [5, 5.41) is 9.49. The lowest BCUT2D eigenvalue weighted by atomic mass is 10.1. The molecule has 10 heteroatoms. The first-order valence-corrected chi connectivity index (χ1v) is 8.34. The highest BCUT2D eigenvalue weighted by atomic mass is 19.4. The van der Waals surface area contributed by atoms with Gasteiger partial charge in [0.1, 0.15) is 0 Å². The van der Waals surface area contributed by atoms with Crippen molar-refractivity contribution in [1.82, 2.24) is 14.7 Å². The molecule has 2 amide bonds. The Balaban J connectivity index is 1.61. The normalized spacial score (nSPS) is 14.2. The summed E-state index contributed by atoms with van der Waals surface area (Å²) in [7, 11) is 1.59. The van der Waals surface area contributed by atoms with Crippen LogP contribution in [0.15, 0.2) is 30.5 Å². The molecule has 2 N–H and O–H groups in total. The molecule has 1 aliphatic heterocycles. The molecule has 0 saturated carbocycles. The van der Waals surface area contributed by atoms with E-state index in [2.05, 4.69) is 15.7 Å². The molecule has 2 aromatic rings. The number of anilines is 2. The van der Waals surface area contributed by atoms with Crippen LogP contribution in [0.4, 0.5) is 29.5 Å². The number of rotatable bonds is 6. The van der Waals surface area contributed by atoms with Crippen LogP contribution in [0.5, 0.6) is 0 Å². The number of alkyl halides is 3. The van der Waals surface area contributed by atoms with Gasteiger partial charge in [0.25, 0.3) is 0 Å². The maximum absolute atomic E-state index is 12.6. The van der Waals surface area contributed by atoms with Gasteiger partial charge < -0.3 is 10.1 Å². The summed E-state index contributed by atoms with van der Waals surface area (Å²) in [4.78, 5) is 13.5. The topological polar surface area (TPSA) is 71.4 Å². The highest BCUT2D eigenvalue weighted by Crippen LogP contribution is 2.31. The Morgan fingerprint density at radius 3 is 2.81 bits per heavy atom. The number of methoxy groups -OCH3 is 1. The Labute approximate surface area is 154 Å². The molecule has 1 aliphatic rings. The number of fused-ring (bicyclic) bond motifs is 1. The van der Waals surface area contributed by atoms with Crippen molar-refractivity contribution in [3.8, 4) is 0 Å². The molecule has 146 valence electrons. The second-order valence-corrected chi connectivity index (χ2v) is 6.24. The van der Waals surface area contributed by atoms with Gasteiger partial charge in [0, 0.05) is 38.1 Å². The third-order valence-electron chi connectivity index (χ3n) is 4.11. The molecule has 1 aromatic heterocycles. The Hall–Kier alpha value is -2.59. The molecular weight excluding hydrogens is 363 g/mol. The van der Waals surface area contributed by atoms with Gasteiger partial charge in [0.15, 0.2) is 5.82 Å². The molecule has 0 fully saturated rings. The Morgan fingerprint density at radius 1 is 1.26 bits per heavy atom. The Kier molecular flexibility index (Phi) is 5.66. The minimum Gasteiger partial charge on any atom is -0.383 e. The molecule has 0 atom stereocenters. The molecule has 3 rings (SSSR count). The van der Waals surface area contributed by atoms with Crippen LogP contribution in [0.2, 0.25) is 0 Å². The Bertz CT molecular complexity index is 806. The third kappa shape index (κ3) is 5.20. The van der Waals surface area contributed by atoms with Crippen molar-refractivity contribution in [1.29, 1.82) is 0 Å². The SMILES string of the molecule is COCCn1ccc(NC(=O)Nc2cccc3c2CN(CC(F)(F)F)C3)n1. The van der Waals surface area contributed by atoms with Gasteiger partial charge in [-0.15, -0.1) is 0 Å². The van der Waals surface area contributed by atoms with E-state index in [-0.39, 0.29) is 13.1 Å². The minimum atomic E-state index is -4.26. The molecular formula is C17H20F3N5O2. The maximum Gasteiger partial charge on any atom is 0.401 e. The van der Waals surface area contributed by atoms with E-state index in [1.165, 1.54) is 4.90 Å². The molecule has 2 heterocycles. The number of ether oxygens (including phenoxy) is 1. The molecule has 0 aliphatic carbocycles. The average Bonchev–Trinajstić information content (AvgIpc) is 3.18. The van der Waals surface area contributed by atoms with E-state index in [1.54, 1.807) is 42.3 Å². The number of nitrogens with one attached hydrogen (secondary N) is 2. The number of urea groups is 1. The highest BCUT2D eigenvalue weighted by molar-refractivity contribution is 5.99. The average molecular weight is 383 g/mol. The number of hydrogen-bond donors (Lipinski definition) is 2. The number of nitrogens with zero attached hydrogens (tertiary/aromatic N) is 3. The third-order valence-corrected chi connectivity index (χ3v) is 4.11. The molecule has 0 radical (unpaired) electrons. The molecule has 1 aromatic carbocycles. The number of carbonyl (C=O) groups is 1. The molecule has 0 bridgehead atoms. The predicted octanol–water partition coefficient (Wildman–Crippen LogP) is 3.05. The van der Waals surface area contributed by atoms with E-state index in [4.69, 9.17) is 4.74 Å². The van der Waals surface area contributed by atoms with Crippen molar-refractivity contribution in [2.45, 2.75) is 25.8 Å². The van der Waals surface area contributed by atoms with Gasteiger partial charge in [-0.3, -0.25) is 14.9 Å². The van der Waals surface area contributed by atoms with Gasteiger partial charge in [0.05, 0.1) is 19.7 Å². The highest BCUT2D eigenvalue weighted by Gasteiger charge is 2.34. The van der Waals surface area contributed by atoms with E-state index in [0.717, 1.165) is 5.56 Å². The zero-order chi connectivity index (χ0) is 19.4. The summed E-state index contributed by atoms with van der Waals surface area (Å²) >= 11 is 0. The zero-order valence-electron chi connectivity index (χ0n) is 14.7. The molecule has 0 saturated heterocycles. The van der Waals surface area contributed by atoms with Gasteiger partial charge in [-0.1, -0.05) is 12.1 Å². The van der Waals surface area contributed by atoms with Crippen LogP contribution < -0.4 is 10.6 Å². The van der Waals surface area contributed by atoms with Crippen molar-refractivity contribution in [2.24, 2.45) is 0 Å². The van der Waals surface area contributed by atoms with Gasteiger partial charge in [-0.2, -0.15) is 18.3 Å². The van der Waals surface area contributed by atoms with Crippen molar-refractivity contribution in [3.63, 3.8) is 0 Å². The molecule has 27 heavy (non-hydrogen) atoms.